The molecule has 0 radical (unpaired) electrons. The Morgan fingerprint density at radius 1 is 1.75 bits per heavy atom. The Balaban J connectivity index is 2.93. The van der Waals surface area contributed by atoms with Crippen molar-refractivity contribution in [3.63, 3.8) is 0 Å². The molecule has 0 bridgehead atoms. The predicted molar refractivity (Wildman–Crippen MR) is 36.3 cm³/mol. The summed E-state index contributed by atoms with van der Waals surface area (Å²) in [5.41, 5.74) is 0. The molecular weight excluding hydrogens is 124 g/mol. The van der Waals surface area contributed by atoms with Crippen LogP contribution in [-0.2, 0) is 0 Å². The van der Waals surface area contributed by atoms with Gasteiger partial charge in [-0.05, 0) is 19.8 Å². The molecule has 2 heteroatoms. The van der Waals surface area contributed by atoms with Gasteiger partial charge in [0, 0.05) is 5.38 Å². The van der Waals surface area contributed by atoms with Gasteiger partial charge in [-0.25, -0.2) is 0 Å². The van der Waals surface area contributed by atoms with E-state index in [1.165, 1.54) is 0 Å². The van der Waals surface area contributed by atoms with E-state index in [-0.39, 0.29) is 5.38 Å². The van der Waals surface area contributed by atoms with E-state index in [1.54, 1.807) is 6.08 Å². The minimum Gasteiger partial charge on any atom is -0.516 e. The fraction of sp³-hybridized carbons (Fsp3) is 0.667. The van der Waals surface area contributed by atoms with Gasteiger partial charge < -0.3 is 5.11 Å². The molecule has 0 aliphatic heterocycles. The molecule has 48 valence electrons. The maximum atomic E-state index is 8.16. The summed E-state index contributed by atoms with van der Waals surface area (Å²) in [4.78, 5) is 0. The average Bonchev–Trinajstić information content (AvgIpc) is 1.66. The molecule has 0 heterocycles. The van der Waals surface area contributed by atoms with E-state index >= 15 is 0 Å². The summed E-state index contributed by atoms with van der Waals surface area (Å²) in [6.45, 7) is 1.94. The van der Waals surface area contributed by atoms with Crippen LogP contribution in [0.25, 0.3) is 0 Å². The highest BCUT2D eigenvalue weighted by atomic mass is 35.5. The number of hydrogen-bond acceptors (Lipinski definition) is 1. The molecule has 1 atom stereocenters. The third kappa shape index (κ3) is 5.83. The second-order valence-corrected chi connectivity index (χ2v) is 2.49. The highest BCUT2D eigenvalue weighted by Gasteiger charge is 1.90. The van der Waals surface area contributed by atoms with Crippen LogP contribution in [0.3, 0.4) is 0 Å². The first kappa shape index (κ1) is 7.83. The van der Waals surface area contributed by atoms with Crippen molar-refractivity contribution in [3.8, 4) is 0 Å². The number of aliphatic hydroxyl groups excluding tert-OH is 1. The molecule has 1 N–H and O–H groups in total. The highest BCUT2D eigenvalue weighted by molar-refractivity contribution is 6.20. The van der Waals surface area contributed by atoms with Gasteiger partial charge in [0.2, 0.25) is 0 Å². The summed E-state index contributed by atoms with van der Waals surface area (Å²) in [6, 6.07) is 0. The van der Waals surface area contributed by atoms with Crippen molar-refractivity contribution in [2.45, 2.75) is 25.1 Å². The summed E-state index contributed by atoms with van der Waals surface area (Å²) in [5, 5.41) is 8.37. The molecule has 0 aliphatic carbocycles. The van der Waals surface area contributed by atoms with E-state index in [0.717, 1.165) is 19.1 Å². The quantitative estimate of drug-likeness (QED) is 0.465. The lowest BCUT2D eigenvalue weighted by Crippen LogP contribution is -1.86. The van der Waals surface area contributed by atoms with E-state index in [4.69, 9.17) is 16.7 Å². The van der Waals surface area contributed by atoms with E-state index in [2.05, 4.69) is 0 Å². The minimum atomic E-state index is 0.214. The van der Waals surface area contributed by atoms with Crippen LogP contribution in [0.4, 0.5) is 0 Å². The molecule has 0 saturated carbocycles. The molecule has 0 rings (SSSR count). The molecule has 0 aromatic rings. The zero-order valence-electron chi connectivity index (χ0n) is 4.97. The second kappa shape index (κ2) is 4.98. The van der Waals surface area contributed by atoms with Crippen molar-refractivity contribution >= 4 is 11.6 Å². The molecule has 1 nitrogen and oxygen atoms in total. The fourth-order valence-electron chi connectivity index (χ4n) is 0.400. The lowest BCUT2D eigenvalue weighted by atomic mass is 10.2. The molecule has 0 aliphatic rings. The SMILES string of the molecule is CC(Cl)CCC=CO. The van der Waals surface area contributed by atoms with Crippen LogP contribution in [0.1, 0.15) is 19.8 Å². The third-order valence-corrected chi connectivity index (χ3v) is 1.05. The topological polar surface area (TPSA) is 20.2 Å². The van der Waals surface area contributed by atoms with E-state index < -0.39 is 0 Å². The normalized spacial score (nSPS) is 14.8. The van der Waals surface area contributed by atoms with Crippen LogP contribution in [-0.4, -0.2) is 10.5 Å². The zero-order chi connectivity index (χ0) is 6.41. The molecule has 0 saturated heterocycles. The summed E-state index contributed by atoms with van der Waals surface area (Å²) in [7, 11) is 0. The molecule has 0 fully saturated rings. The summed E-state index contributed by atoms with van der Waals surface area (Å²) in [6.07, 6.45) is 4.54. The van der Waals surface area contributed by atoms with Crippen molar-refractivity contribution < 1.29 is 5.11 Å². The Kier molecular flexibility index (Phi) is 4.87. The lowest BCUT2D eigenvalue weighted by molar-refractivity contribution is 0.470. The van der Waals surface area contributed by atoms with Crippen LogP contribution < -0.4 is 0 Å². The summed E-state index contributed by atoms with van der Waals surface area (Å²) >= 11 is 5.60. The molecule has 0 amide bonds. The van der Waals surface area contributed by atoms with Crippen LogP contribution in [0.5, 0.6) is 0 Å². The standard InChI is InChI=1S/C6H11ClO/c1-6(7)4-2-3-5-8/h3,5-6,8H,2,4H2,1H3. The number of aliphatic hydroxyl groups is 1. The molecule has 0 aromatic heterocycles. The zero-order valence-corrected chi connectivity index (χ0v) is 5.73. The molecule has 1 unspecified atom stereocenters. The fourth-order valence-corrected chi connectivity index (χ4v) is 0.526. The summed E-state index contributed by atoms with van der Waals surface area (Å²) in [5.74, 6) is 0. The molecular formula is C6H11ClO. The van der Waals surface area contributed by atoms with Crippen molar-refractivity contribution in [2.24, 2.45) is 0 Å². The average molecular weight is 135 g/mol. The van der Waals surface area contributed by atoms with Gasteiger partial charge in [0.25, 0.3) is 0 Å². The number of allylic oxidation sites excluding steroid dienone is 1. The van der Waals surface area contributed by atoms with Crippen molar-refractivity contribution in [2.75, 3.05) is 0 Å². The van der Waals surface area contributed by atoms with Gasteiger partial charge in [0.15, 0.2) is 0 Å². The van der Waals surface area contributed by atoms with Gasteiger partial charge in [-0.3, -0.25) is 0 Å². The highest BCUT2D eigenvalue weighted by Crippen LogP contribution is 2.03. The minimum absolute atomic E-state index is 0.214. The van der Waals surface area contributed by atoms with Gasteiger partial charge in [0.05, 0.1) is 6.26 Å². The van der Waals surface area contributed by atoms with Crippen molar-refractivity contribution in [1.29, 1.82) is 0 Å². The van der Waals surface area contributed by atoms with E-state index in [9.17, 15) is 0 Å². The second-order valence-electron chi connectivity index (χ2n) is 1.74. The first-order chi connectivity index (χ1) is 3.77. The maximum absolute atomic E-state index is 8.16. The molecule has 8 heavy (non-hydrogen) atoms. The van der Waals surface area contributed by atoms with Gasteiger partial charge in [-0.1, -0.05) is 6.08 Å². The van der Waals surface area contributed by atoms with Gasteiger partial charge >= 0.3 is 0 Å². The Hall–Kier alpha value is -0.170. The Morgan fingerprint density at radius 3 is 2.75 bits per heavy atom. The van der Waals surface area contributed by atoms with Crippen LogP contribution in [0, 0.1) is 0 Å². The van der Waals surface area contributed by atoms with Crippen LogP contribution in [0.15, 0.2) is 12.3 Å². The summed E-state index contributed by atoms with van der Waals surface area (Å²) < 4.78 is 0. The Labute approximate surface area is 55.0 Å². The van der Waals surface area contributed by atoms with Gasteiger partial charge in [0.1, 0.15) is 0 Å². The number of hydrogen-bond donors (Lipinski definition) is 1. The van der Waals surface area contributed by atoms with E-state index in [1.807, 2.05) is 6.92 Å². The first-order valence-electron chi connectivity index (χ1n) is 2.70. The number of rotatable bonds is 3. The van der Waals surface area contributed by atoms with Crippen LogP contribution in [0.2, 0.25) is 0 Å². The Morgan fingerprint density at radius 2 is 2.38 bits per heavy atom. The molecule has 0 spiro atoms. The van der Waals surface area contributed by atoms with Crippen molar-refractivity contribution in [3.05, 3.63) is 12.3 Å². The number of halogens is 1. The first-order valence-corrected chi connectivity index (χ1v) is 3.14. The lowest BCUT2D eigenvalue weighted by Gasteiger charge is -1.94. The monoisotopic (exact) mass is 134 g/mol. The van der Waals surface area contributed by atoms with Crippen LogP contribution >= 0.6 is 11.6 Å². The van der Waals surface area contributed by atoms with Crippen molar-refractivity contribution in [1.82, 2.24) is 0 Å². The predicted octanol–water partition coefficient (Wildman–Crippen LogP) is 2.47. The maximum Gasteiger partial charge on any atom is 0.0751 e. The smallest absolute Gasteiger partial charge is 0.0751 e. The molecule has 0 aromatic carbocycles. The largest absolute Gasteiger partial charge is 0.516 e. The Bertz CT molecular complexity index is 68.9. The number of alkyl halides is 1. The van der Waals surface area contributed by atoms with Gasteiger partial charge in [-0.2, -0.15) is 0 Å². The van der Waals surface area contributed by atoms with Gasteiger partial charge in [-0.15, -0.1) is 11.6 Å². The van der Waals surface area contributed by atoms with E-state index in [0.29, 0.717) is 0 Å². The third-order valence-electron chi connectivity index (χ3n) is 0.837.